The van der Waals surface area contributed by atoms with Crippen molar-refractivity contribution in [2.45, 2.75) is 44.1 Å². The SMILES string of the molecule is NNc1cc(C2CC2)nc(CC2CCCO2)n1. The summed E-state index contributed by atoms with van der Waals surface area (Å²) in [5.74, 6) is 7.64. The molecule has 92 valence electrons. The first-order valence-corrected chi connectivity index (χ1v) is 6.31. The fourth-order valence-electron chi connectivity index (χ4n) is 2.28. The van der Waals surface area contributed by atoms with Crippen LogP contribution in [0.15, 0.2) is 6.07 Å². The van der Waals surface area contributed by atoms with Crippen LogP contribution in [0.3, 0.4) is 0 Å². The topological polar surface area (TPSA) is 73.1 Å². The van der Waals surface area contributed by atoms with E-state index in [4.69, 9.17) is 10.6 Å². The van der Waals surface area contributed by atoms with E-state index in [1.54, 1.807) is 0 Å². The average molecular weight is 234 g/mol. The van der Waals surface area contributed by atoms with Crippen LogP contribution in [0.2, 0.25) is 0 Å². The number of nitrogens with one attached hydrogen (secondary N) is 1. The summed E-state index contributed by atoms with van der Waals surface area (Å²) >= 11 is 0. The van der Waals surface area contributed by atoms with E-state index in [0.29, 0.717) is 5.92 Å². The van der Waals surface area contributed by atoms with Crippen molar-refractivity contribution in [3.05, 3.63) is 17.6 Å². The molecule has 5 nitrogen and oxygen atoms in total. The maximum Gasteiger partial charge on any atom is 0.143 e. The van der Waals surface area contributed by atoms with Crippen molar-refractivity contribution in [3.8, 4) is 0 Å². The smallest absolute Gasteiger partial charge is 0.143 e. The van der Waals surface area contributed by atoms with Gasteiger partial charge in [-0.2, -0.15) is 0 Å². The zero-order chi connectivity index (χ0) is 11.7. The van der Waals surface area contributed by atoms with Crippen molar-refractivity contribution < 1.29 is 4.74 Å². The van der Waals surface area contributed by atoms with Gasteiger partial charge in [0, 0.05) is 30.7 Å². The van der Waals surface area contributed by atoms with Gasteiger partial charge < -0.3 is 10.2 Å². The number of nitrogens with two attached hydrogens (primary N) is 1. The van der Waals surface area contributed by atoms with E-state index in [1.807, 2.05) is 6.07 Å². The molecular weight excluding hydrogens is 216 g/mol. The summed E-state index contributed by atoms with van der Waals surface area (Å²) in [7, 11) is 0. The largest absolute Gasteiger partial charge is 0.378 e. The van der Waals surface area contributed by atoms with Gasteiger partial charge in [-0.1, -0.05) is 0 Å². The number of rotatable bonds is 4. The molecule has 17 heavy (non-hydrogen) atoms. The summed E-state index contributed by atoms with van der Waals surface area (Å²) in [5.41, 5.74) is 3.75. The minimum absolute atomic E-state index is 0.287. The number of hydrogen-bond donors (Lipinski definition) is 2. The maximum atomic E-state index is 5.61. The van der Waals surface area contributed by atoms with Crippen LogP contribution in [0.25, 0.3) is 0 Å². The van der Waals surface area contributed by atoms with Gasteiger partial charge in [-0.15, -0.1) is 0 Å². The minimum Gasteiger partial charge on any atom is -0.378 e. The third-order valence-corrected chi connectivity index (χ3v) is 3.37. The van der Waals surface area contributed by atoms with Gasteiger partial charge in [0.2, 0.25) is 0 Å². The Kier molecular flexibility index (Phi) is 2.94. The molecule has 1 atom stereocenters. The predicted molar refractivity (Wildman–Crippen MR) is 64.5 cm³/mol. The Morgan fingerprint density at radius 1 is 1.35 bits per heavy atom. The molecule has 1 saturated carbocycles. The summed E-state index contributed by atoms with van der Waals surface area (Å²) in [6.07, 6.45) is 5.82. The first-order chi connectivity index (χ1) is 8.35. The number of ether oxygens (including phenoxy) is 1. The zero-order valence-electron chi connectivity index (χ0n) is 9.85. The van der Waals surface area contributed by atoms with Gasteiger partial charge in [0.1, 0.15) is 11.6 Å². The molecule has 1 aromatic rings. The number of hydrazine groups is 1. The van der Waals surface area contributed by atoms with E-state index in [2.05, 4.69) is 15.4 Å². The van der Waals surface area contributed by atoms with E-state index >= 15 is 0 Å². The van der Waals surface area contributed by atoms with Crippen LogP contribution in [0, 0.1) is 0 Å². The van der Waals surface area contributed by atoms with Crippen molar-refractivity contribution in [1.29, 1.82) is 0 Å². The second kappa shape index (κ2) is 4.58. The maximum absolute atomic E-state index is 5.61. The molecule has 3 rings (SSSR count). The molecule has 0 aromatic carbocycles. The van der Waals surface area contributed by atoms with E-state index < -0.39 is 0 Å². The Morgan fingerprint density at radius 3 is 2.88 bits per heavy atom. The Bertz CT molecular complexity index is 399. The van der Waals surface area contributed by atoms with Crippen molar-refractivity contribution in [3.63, 3.8) is 0 Å². The molecule has 0 amide bonds. The predicted octanol–water partition coefficient (Wildman–Crippen LogP) is 1.36. The van der Waals surface area contributed by atoms with Crippen LogP contribution in [0.4, 0.5) is 5.82 Å². The molecule has 2 fully saturated rings. The zero-order valence-corrected chi connectivity index (χ0v) is 9.85. The molecular formula is C12H18N4O. The fraction of sp³-hybridized carbons (Fsp3) is 0.667. The number of hydrogen-bond acceptors (Lipinski definition) is 5. The van der Waals surface area contributed by atoms with Crippen LogP contribution >= 0.6 is 0 Å². The first kappa shape index (κ1) is 10.9. The summed E-state index contributed by atoms with van der Waals surface area (Å²) in [6, 6.07) is 1.96. The van der Waals surface area contributed by atoms with Crippen molar-refractivity contribution in [1.82, 2.24) is 9.97 Å². The Hall–Kier alpha value is -1.20. The highest BCUT2D eigenvalue weighted by molar-refractivity contribution is 5.36. The number of anilines is 1. The summed E-state index contributed by atoms with van der Waals surface area (Å²) in [5, 5.41) is 0. The molecule has 1 aliphatic carbocycles. The molecule has 2 aliphatic rings. The highest BCUT2D eigenvalue weighted by atomic mass is 16.5. The van der Waals surface area contributed by atoms with Gasteiger partial charge in [-0.25, -0.2) is 15.8 Å². The second-order valence-corrected chi connectivity index (χ2v) is 4.85. The van der Waals surface area contributed by atoms with Crippen LogP contribution in [-0.2, 0) is 11.2 Å². The van der Waals surface area contributed by atoms with Gasteiger partial charge in [0.25, 0.3) is 0 Å². The lowest BCUT2D eigenvalue weighted by Crippen LogP contribution is -2.15. The monoisotopic (exact) mass is 234 g/mol. The van der Waals surface area contributed by atoms with E-state index in [0.717, 1.165) is 43.2 Å². The molecule has 0 radical (unpaired) electrons. The molecule has 1 aliphatic heterocycles. The molecule has 2 heterocycles. The molecule has 5 heteroatoms. The number of nitrogen functional groups attached to an aromatic ring is 1. The molecule has 1 saturated heterocycles. The van der Waals surface area contributed by atoms with E-state index in [1.165, 1.54) is 12.8 Å². The lowest BCUT2D eigenvalue weighted by molar-refractivity contribution is 0.110. The van der Waals surface area contributed by atoms with Crippen molar-refractivity contribution in [2.24, 2.45) is 5.84 Å². The van der Waals surface area contributed by atoms with Crippen LogP contribution < -0.4 is 11.3 Å². The molecule has 1 unspecified atom stereocenters. The lowest BCUT2D eigenvalue weighted by atomic mass is 10.1. The first-order valence-electron chi connectivity index (χ1n) is 6.31. The molecule has 0 bridgehead atoms. The third-order valence-electron chi connectivity index (χ3n) is 3.37. The molecule has 0 spiro atoms. The minimum atomic E-state index is 0.287. The molecule has 1 aromatic heterocycles. The standard InChI is InChI=1S/C12H18N4O/c13-16-12-7-10(8-3-4-8)14-11(15-12)6-9-2-1-5-17-9/h7-9H,1-6,13H2,(H,14,15,16). The summed E-state index contributed by atoms with van der Waals surface area (Å²) < 4.78 is 5.61. The Morgan fingerprint density at radius 2 is 2.24 bits per heavy atom. The van der Waals surface area contributed by atoms with Crippen LogP contribution in [0.1, 0.15) is 43.1 Å². The Labute approximate surface area is 101 Å². The second-order valence-electron chi connectivity index (χ2n) is 4.85. The van der Waals surface area contributed by atoms with Gasteiger partial charge in [-0.05, 0) is 25.7 Å². The van der Waals surface area contributed by atoms with E-state index in [9.17, 15) is 0 Å². The third kappa shape index (κ3) is 2.56. The highest BCUT2D eigenvalue weighted by Gasteiger charge is 2.26. The van der Waals surface area contributed by atoms with Crippen molar-refractivity contribution >= 4 is 5.82 Å². The highest BCUT2D eigenvalue weighted by Crippen LogP contribution is 2.39. The van der Waals surface area contributed by atoms with Crippen molar-refractivity contribution in [2.75, 3.05) is 12.0 Å². The average Bonchev–Trinajstić information content (AvgIpc) is 3.09. The quantitative estimate of drug-likeness (QED) is 0.608. The number of aromatic nitrogens is 2. The lowest BCUT2D eigenvalue weighted by Gasteiger charge is -2.10. The van der Waals surface area contributed by atoms with Crippen LogP contribution in [-0.4, -0.2) is 22.7 Å². The van der Waals surface area contributed by atoms with Gasteiger partial charge in [0.15, 0.2) is 0 Å². The Balaban J connectivity index is 1.78. The van der Waals surface area contributed by atoms with Gasteiger partial charge in [-0.3, -0.25) is 0 Å². The normalized spacial score (nSPS) is 23.9. The summed E-state index contributed by atoms with van der Waals surface area (Å²) in [6.45, 7) is 0.870. The van der Waals surface area contributed by atoms with Gasteiger partial charge >= 0.3 is 0 Å². The van der Waals surface area contributed by atoms with E-state index in [-0.39, 0.29) is 6.10 Å². The fourth-order valence-corrected chi connectivity index (χ4v) is 2.28. The van der Waals surface area contributed by atoms with Gasteiger partial charge in [0.05, 0.1) is 6.10 Å². The molecule has 3 N–H and O–H groups in total. The summed E-state index contributed by atoms with van der Waals surface area (Å²) in [4.78, 5) is 9.02. The van der Waals surface area contributed by atoms with Crippen LogP contribution in [0.5, 0.6) is 0 Å². The number of nitrogens with zero attached hydrogens (tertiary/aromatic N) is 2.